The van der Waals surface area contributed by atoms with Crippen LogP contribution in [0, 0.1) is 11.7 Å². The van der Waals surface area contributed by atoms with Crippen LogP contribution in [-0.2, 0) is 25.1 Å². The lowest BCUT2D eigenvalue weighted by Crippen LogP contribution is -2.32. The van der Waals surface area contributed by atoms with Crippen LogP contribution in [-0.4, -0.2) is 36.3 Å². The van der Waals surface area contributed by atoms with E-state index in [2.05, 4.69) is 15.3 Å². The van der Waals surface area contributed by atoms with Crippen molar-refractivity contribution < 1.29 is 14.2 Å². The maximum absolute atomic E-state index is 14.2. The molecular formula is C24H30FN5O4. The molecule has 0 unspecified atom stereocenters. The van der Waals surface area contributed by atoms with Crippen molar-refractivity contribution in [2.24, 2.45) is 5.92 Å². The summed E-state index contributed by atoms with van der Waals surface area (Å²) >= 11 is 0. The molecule has 9 nitrogen and oxygen atoms in total. The summed E-state index contributed by atoms with van der Waals surface area (Å²) in [6.07, 6.45) is 7.90. The minimum atomic E-state index is -1.27. The van der Waals surface area contributed by atoms with Gasteiger partial charge >= 0.3 is 5.69 Å². The number of hydrogen-bond acceptors (Lipinski definition) is 6. The molecule has 34 heavy (non-hydrogen) atoms. The average molecular weight is 472 g/mol. The molecule has 10 heteroatoms. The molecule has 2 heterocycles. The molecule has 1 fully saturated rings. The Morgan fingerprint density at radius 2 is 2.09 bits per heavy atom. The van der Waals surface area contributed by atoms with Gasteiger partial charge in [-0.2, -0.15) is 0 Å². The Morgan fingerprint density at radius 3 is 2.82 bits per heavy atom. The van der Waals surface area contributed by atoms with E-state index >= 15 is 0 Å². The lowest BCUT2D eigenvalue weighted by Gasteiger charge is -2.28. The third-order valence-corrected chi connectivity index (χ3v) is 6.31. The minimum absolute atomic E-state index is 0.160. The molecular weight excluding hydrogens is 441 g/mol. The van der Waals surface area contributed by atoms with Crippen LogP contribution < -0.4 is 16.0 Å². The highest BCUT2D eigenvalue weighted by atomic mass is 19.1. The number of nitrogens with one attached hydrogen (secondary N) is 1. The van der Waals surface area contributed by atoms with Crippen molar-refractivity contribution in [1.29, 1.82) is 0 Å². The summed E-state index contributed by atoms with van der Waals surface area (Å²) in [5.74, 6) is 0.215. The Labute approximate surface area is 196 Å². The standard InChI is InChI=1S/C24H30FN5O4/c1-2-24(33,18-8-9-20(25)21(13-18)34-15-17-6-7-17)16-30-19(14-26-28-30)5-3-4-11-29-12-10-22(31)27-23(29)32/h8-10,12-14,17,33H,2-7,11,15-16H2,1H3,(H,27,31,32)/t24-/m0/s1. The van der Waals surface area contributed by atoms with Gasteiger partial charge in [0.25, 0.3) is 5.56 Å². The van der Waals surface area contributed by atoms with E-state index in [1.165, 1.54) is 22.9 Å². The number of aliphatic hydroxyl groups is 1. The highest BCUT2D eigenvalue weighted by Crippen LogP contribution is 2.33. The van der Waals surface area contributed by atoms with Crippen molar-refractivity contribution in [2.45, 2.75) is 64.1 Å². The lowest BCUT2D eigenvalue weighted by atomic mass is 9.90. The van der Waals surface area contributed by atoms with Crippen molar-refractivity contribution in [3.05, 3.63) is 74.6 Å². The summed E-state index contributed by atoms with van der Waals surface area (Å²) < 4.78 is 23.0. The first-order chi connectivity index (χ1) is 16.4. The predicted molar refractivity (Wildman–Crippen MR) is 123 cm³/mol. The minimum Gasteiger partial charge on any atom is -0.490 e. The maximum Gasteiger partial charge on any atom is 0.328 e. The van der Waals surface area contributed by atoms with E-state index in [-0.39, 0.29) is 12.3 Å². The lowest BCUT2D eigenvalue weighted by molar-refractivity contribution is 0.00940. The molecule has 1 aliphatic carbocycles. The zero-order valence-corrected chi connectivity index (χ0v) is 19.2. The summed E-state index contributed by atoms with van der Waals surface area (Å²) in [6.45, 7) is 3.01. The number of nitrogens with zero attached hydrogens (tertiary/aromatic N) is 4. The molecule has 1 saturated carbocycles. The van der Waals surface area contributed by atoms with Crippen LogP contribution in [0.2, 0.25) is 0 Å². The van der Waals surface area contributed by atoms with Crippen LogP contribution in [0.3, 0.4) is 0 Å². The monoisotopic (exact) mass is 471 g/mol. The Hall–Kier alpha value is -3.27. The number of hydrogen-bond donors (Lipinski definition) is 2. The molecule has 2 aromatic heterocycles. The highest BCUT2D eigenvalue weighted by molar-refractivity contribution is 5.34. The molecule has 0 bridgehead atoms. The fourth-order valence-corrected chi connectivity index (χ4v) is 3.86. The van der Waals surface area contributed by atoms with E-state index in [9.17, 15) is 19.1 Å². The summed E-state index contributed by atoms with van der Waals surface area (Å²) in [5, 5.41) is 19.6. The van der Waals surface area contributed by atoms with Crippen LogP contribution in [0.5, 0.6) is 5.75 Å². The van der Waals surface area contributed by atoms with Crippen LogP contribution >= 0.6 is 0 Å². The second-order valence-corrected chi connectivity index (χ2v) is 8.93. The quantitative estimate of drug-likeness (QED) is 0.392. The molecule has 0 spiro atoms. The third-order valence-electron chi connectivity index (χ3n) is 6.31. The van der Waals surface area contributed by atoms with E-state index in [0.29, 0.717) is 37.5 Å². The van der Waals surface area contributed by atoms with Crippen LogP contribution in [0.25, 0.3) is 0 Å². The smallest absolute Gasteiger partial charge is 0.328 e. The molecule has 0 aliphatic heterocycles. The normalized spacial score (nSPS) is 15.3. The third kappa shape index (κ3) is 5.80. The molecule has 1 aliphatic rings. The Morgan fingerprint density at radius 1 is 1.26 bits per heavy atom. The summed E-state index contributed by atoms with van der Waals surface area (Å²) in [7, 11) is 0. The molecule has 182 valence electrons. The molecule has 0 amide bonds. The van der Waals surface area contributed by atoms with E-state index in [0.717, 1.165) is 31.4 Å². The number of aryl methyl sites for hydroxylation is 2. The molecule has 0 saturated heterocycles. The van der Waals surface area contributed by atoms with Gasteiger partial charge in [-0.25, -0.2) is 13.9 Å². The van der Waals surface area contributed by atoms with Crippen LogP contribution in [0.15, 0.2) is 46.2 Å². The fourth-order valence-electron chi connectivity index (χ4n) is 3.86. The molecule has 0 radical (unpaired) electrons. The number of aromatic nitrogens is 5. The number of halogens is 1. The van der Waals surface area contributed by atoms with Gasteiger partial charge in [0.1, 0.15) is 5.60 Å². The Kier molecular flexibility index (Phi) is 7.26. The van der Waals surface area contributed by atoms with Crippen LogP contribution in [0.1, 0.15) is 50.3 Å². The molecule has 1 aromatic carbocycles. The average Bonchev–Trinajstić information content (AvgIpc) is 3.55. The van der Waals surface area contributed by atoms with Gasteiger partial charge in [0, 0.05) is 18.8 Å². The number of rotatable bonds is 12. The zero-order valence-electron chi connectivity index (χ0n) is 19.2. The number of benzene rings is 1. The van der Waals surface area contributed by atoms with Gasteiger partial charge in [-0.1, -0.05) is 18.2 Å². The van der Waals surface area contributed by atoms with Gasteiger partial charge in [0.15, 0.2) is 11.6 Å². The van der Waals surface area contributed by atoms with Gasteiger partial charge in [0.2, 0.25) is 0 Å². The topological polar surface area (TPSA) is 115 Å². The van der Waals surface area contributed by atoms with Crippen molar-refractivity contribution in [2.75, 3.05) is 6.61 Å². The Balaban J connectivity index is 1.39. The van der Waals surface area contributed by atoms with Gasteiger partial charge in [-0.3, -0.25) is 9.78 Å². The first-order valence-electron chi connectivity index (χ1n) is 11.7. The van der Waals surface area contributed by atoms with E-state index in [4.69, 9.17) is 4.74 Å². The Bertz CT molecular complexity index is 1230. The van der Waals surface area contributed by atoms with Gasteiger partial charge in [-0.05, 0) is 62.1 Å². The molecule has 2 N–H and O–H groups in total. The number of ether oxygens (including phenoxy) is 1. The summed E-state index contributed by atoms with van der Waals surface area (Å²) in [5.41, 5.74) is -0.680. The van der Waals surface area contributed by atoms with E-state index in [1.54, 1.807) is 23.0 Å². The van der Waals surface area contributed by atoms with Crippen molar-refractivity contribution in [3.8, 4) is 5.75 Å². The molecule has 3 aromatic rings. The molecule has 1 atom stereocenters. The SMILES string of the molecule is CC[C@](O)(Cn1nncc1CCCCn1ccc(=O)[nH]c1=O)c1ccc(F)c(OCC2CC2)c1. The van der Waals surface area contributed by atoms with Crippen molar-refractivity contribution in [3.63, 3.8) is 0 Å². The largest absolute Gasteiger partial charge is 0.490 e. The fraction of sp³-hybridized carbons (Fsp3) is 0.500. The summed E-state index contributed by atoms with van der Waals surface area (Å²) in [6, 6.07) is 5.82. The maximum atomic E-state index is 14.2. The zero-order chi connectivity index (χ0) is 24.1. The van der Waals surface area contributed by atoms with Crippen LogP contribution in [0.4, 0.5) is 4.39 Å². The number of H-pyrrole nitrogens is 1. The van der Waals surface area contributed by atoms with E-state index in [1.807, 2.05) is 6.92 Å². The summed E-state index contributed by atoms with van der Waals surface area (Å²) in [4.78, 5) is 25.2. The van der Waals surface area contributed by atoms with Crippen molar-refractivity contribution >= 4 is 0 Å². The first-order valence-corrected chi connectivity index (χ1v) is 11.7. The predicted octanol–water partition coefficient (Wildman–Crippen LogP) is 2.38. The van der Waals surface area contributed by atoms with Gasteiger partial charge in [-0.15, -0.1) is 5.10 Å². The van der Waals surface area contributed by atoms with Gasteiger partial charge < -0.3 is 14.4 Å². The van der Waals surface area contributed by atoms with Gasteiger partial charge in [0.05, 0.1) is 25.0 Å². The molecule has 4 rings (SSSR count). The van der Waals surface area contributed by atoms with E-state index < -0.39 is 22.7 Å². The number of unbranched alkanes of at least 4 members (excludes halogenated alkanes) is 1. The number of aromatic amines is 1. The second-order valence-electron chi connectivity index (χ2n) is 8.93. The first kappa shape index (κ1) is 23.9. The second kappa shape index (κ2) is 10.3. The highest BCUT2D eigenvalue weighted by Gasteiger charge is 2.31. The van der Waals surface area contributed by atoms with Crippen molar-refractivity contribution in [1.82, 2.24) is 24.5 Å².